The molecule has 0 radical (unpaired) electrons. The number of para-hydroxylation sites is 1. The van der Waals surface area contributed by atoms with Gasteiger partial charge < -0.3 is 5.32 Å². The van der Waals surface area contributed by atoms with Crippen LogP contribution >= 0.6 is 11.3 Å². The Morgan fingerprint density at radius 1 is 1.07 bits per heavy atom. The fraction of sp³-hybridized carbons (Fsp3) is 0.364. The molecule has 138 valence electrons. The van der Waals surface area contributed by atoms with E-state index in [9.17, 15) is 4.79 Å². The summed E-state index contributed by atoms with van der Waals surface area (Å²) in [7, 11) is 0. The number of hydrogen-bond acceptors (Lipinski definition) is 4. The van der Waals surface area contributed by atoms with E-state index in [1.54, 1.807) is 11.3 Å². The summed E-state index contributed by atoms with van der Waals surface area (Å²) >= 11 is 1.76. The Labute approximate surface area is 163 Å². The van der Waals surface area contributed by atoms with Gasteiger partial charge in [0.05, 0.1) is 16.3 Å². The number of benzene rings is 2. The van der Waals surface area contributed by atoms with Gasteiger partial charge in [-0.1, -0.05) is 42.5 Å². The van der Waals surface area contributed by atoms with Gasteiger partial charge in [0, 0.05) is 12.6 Å². The first-order valence-corrected chi connectivity index (χ1v) is 10.6. The van der Waals surface area contributed by atoms with Gasteiger partial charge in [-0.25, -0.2) is 4.98 Å². The number of thiazole rings is 1. The van der Waals surface area contributed by atoms with Crippen molar-refractivity contribution in [1.29, 1.82) is 0 Å². The van der Waals surface area contributed by atoms with Gasteiger partial charge in [-0.3, -0.25) is 9.69 Å². The summed E-state index contributed by atoms with van der Waals surface area (Å²) in [6.45, 7) is 0.929. The molecule has 1 N–H and O–H groups in total. The standard InChI is InChI=1S/C22H23N3OS/c26-21(23-16-12-13-16)20(15-7-2-1-3-8-15)25-14-6-10-18(25)22-24-17-9-4-5-11-19(17)27-22/h1-5,7-9,11,16,18,20H,6,10,12-14H2,(H,23,26). The lowest BCUT2D eigenvalue weighted by molar-refractivity contribution is -0.127. The van der Waals surface area contributed by atoms with Crippen LogP contribution in [-0.2, 0) is 4.79 Å². The predicted molar refractivity (Wildman–Crippen MR) is 109 cm³/mol. The van der Waals surface area contributed by atoms with Gasteiger partial charge in [0.15, 0.2) is 0 Å². The third kappa shape index (κ3) is 3.37. The molecule has 0 spiro atoms. The van der Waals surface area contributed by atoms with Crippen LogP contribution in [0.15, 0.2) is 54.6 Å². The molecule has 5 rings (SSSR count). The molecule has 1 aliphatic heterocycles. The molecular weight excluding hydrogens is 354 g/mol. The molecule has 1 aromatic heterocycles. The Morgan fingerprint density at radius 3 is 2.63 bits per heavy atom. The van der Waals surface area contributed by atoms with Crippen molar-refractivity contribution >= 4 is 27.5 Å². The van der Waals surface area contributed by atoms with Crippen LogP contribution in [0.2, 0.25) is 0 Å². The first-order chi connectivity index (χ1) is 13.3. The molecule has 5 heteroatoms. The minimum absolute atomic E-state index is 0.136. The number of carbonyl (C=O) groups is 1. The summed E-state index contributed by atoms with van der Waals surface area (Å²) in [5.41, 5.74) is 2.13. The van der Waals surface area contributed by atoms with E-state index >= 15 is 0 Å². The van der Waals surface area contributed by atoms with E-state index in [2.05, 4.69) is 40.5 Å². The number of nitrogens with zero attached hydrogens (tertiary/aromatic N) is 2. The quantitative estimate of drug-likeness (QED) is 0.714. The lowest BCUT2D eigenvalue weighted by Gasteiger charge is -2.31. The number of carbonyl (C=O) groups excluding carboxylic acids is 1. The van der Waals surface area contributed by atoms with E-state index in [4.69, 9.17) is 4.98 Å². The maximum absolute atomic E-state index is 13.2. The monoisotopic (exact) mass is 377 g/mol. The predicted octanol–water partition coefficient (Wildman–Crippen LogP) is 4.45. The maximum Gasteiger partial charge on any atom is 0.242 e. The van der Waals surface area contributed by atoms with Crippen molar-refractivity contribution in [2.75, 3.05) is 6.54 Å². The highest BCUT2D eigenvalue weighted by Crippen LogP contribution is 2.41. The van der Waals surface area contributed by atoms with Gasteiger partial charge in [-0.15, -0.1) is 11.3 Å². The molecule has 27 heavy (non-hydrogen) atoms. The molecule has 2 fully saturated rings. The second-order valence-corrected chi connectivity index (χ2v) is 8.57. The number of rotatable bonds is 5. The summed E-state index contributed by atoms with van der Waals surface area (Å²) in [5.74, 6) is 0.136. The molecule has 2 aromatic carbocycles. The van der Waals surface area contributed by atoms with Crippen LogP contribution in [0.1, 0.15) is 48.3 Å². The molecule has 2 atom stereocenters. The molecule has 3 aromatic rings. The molecule has 2 unspecified atom stereocenters. The van der Waals surface area contributed by atoms with Crippen LogP contribution in [0.5, 0.6) is 0 Å². The van der Waals surface area contributed by atoms with Crippen molar-refractivity contribution in [1.82, 2.24) is 15.2 Å². The van der Waals surface area contributed by atoms with E-state index < -0.39 is 0 Å². The molecule has 0 bridgehead atoms. The first-order valence-electron chi connectivity index (χ1n) is 9.76. The summed E-state index contributed by atoms with van der Waals surface area (Å²) < 4.78 is 1.22. The fourth-order valence-corrected chi connectivity index (χ4v) is 5.16. The maximum atomic E-state index is 13.2. The molecule has 2 heterocycles. The zero-order valence-corrected chi connectivity index (χ0v) is 16.0. The largest absolute Gasteiger partial charge is 0.352 e. The highest BCUT2D eigenvalue weighted by Gasteiger charge is 2.39. The average molecular weight is 378 g/mol. The van der Waals surface area contributed by atoms with Crippen molar-refractivity contribution in [3.8, 4) is 0 Å². The number of nitrogens with one attached hydrogen (secondary N) is 1. The normalized spacial score (nSPS) is 21.4. The molecule has 4 nitrogen and oxygen atoms in total. The third-order valence-corrected chi connectivity index (χ3v) is 6.65. The Bertz CT molecular complexity index is 917. The number of likely N-dealkylation sites (tertiary alicyclic amines) is 1. The van der Waals surface area contributed by atoms with E-state index in [-0.39, 0.29) is 18.0 Å². The average Bonchev–Trinajstić information content (AvgIpc) is 3.20. The summed E-state index contributed by atoms with van der Waals surface area (Å²) in [6.07, 6.45) is 4.36. The Morgan fingerprint density at radius 2 is 1.85 bits per heavy atom. The lowest BCUT2D eigenvalue weighted by Crippen LogP contribution is -2.41. The lowest BCUT2D eigenvalue weighted by atomic mass is 10.0. The highest BCUT2D eigenvalue weighted by atomic mass is 32.1. The number of aromatic nitrogens is 1. The Hall–Kier alpha value is -2.24. The smallest absolute Gasteiger partial charge is 0.242 e. The van der Waals surface area contributed by atoms with Crippen molar-refractivity contribution in [3.63, 3.8) is 0 Å². The van der Waals surface area contributed by atoms with Gasteiger partial charge in [0.25, 0.3) is 0 Å². The highest BCUT2D eigenvalue weighted by molar-refractivity contribution is 7.18. The molecule has 1 amide bonds. The topological polar surface area (TPSA) is 45.2 Å². The van der Waals surface area contributed by atoms with Crippen LogP contribution in [0.4, 0.5) is 0 Å². The van der Waals surface area contributed by atoms with Gasteiger partial charge in [0.1, 0.15) is 11.0 Å². The van der Waals surface area contributed by atoms with Gasteiger partial charge in [0.2, 0.25) is 5.91 Å². The Balaban J connectivity index is 1.50. The SMILES string of the molecule is O=C(NC1CC1)C(c1ccccc1)N1CCCC1c1nc2ccccc2s1. The van der Waals surface area contributed by atoms with Crippen molar-refractivity contribution in [2.24, 2.45) is 0 Å². The van der Waals surface area contributed by atoms with Gasteiger partial charge in [-0.05, 0) is 43.4 Å². The number of hydrogen-bond donors (Lipinski definition) is 1. The number of fused-ring (bicyclic) bond motifs is 1. The molecule has 1 aliphatic carbocycles. The third-order valence-electron chi connectivity index (χ3n) is 5.51. The zero-order chi connectivity index (χ0) is 18.2. The first kappa shape index (κ1) is 16.9. The van der Waals surface area contributed by atoms with Crippen molar-refractivity contribution in [2.45, 2.75) is 43.8 Å². The van der Waals surface area contributed by atoms with E-state index in [0.29, 0.717) is 6.04 Å². The second kappa shape index (κ2) is 7.06. The van der Waals surface area contributed by atoms with Crippen LogP contribution in [-0.4, -0.2) is 28.4 Å². The summed E-state index contributed by atoms with van der Waals surface area (Å²) in [6, 6.07) is 18.8. The minimum Gasteiger partial charge on any atom is -0.352 e. The molecule has 1 saturated carbocycles. The zero-order valence-electron chi connectivity index (χ0n) is 15.2. The molecule has 2 aliphatic rings. The molecular formula is C22H23N3OS. The van der Waals surface area contributed by atoms with Crippen molar-refractivity contribution < 1.29 is 4.79 Å². The van der Waals surface area contributed by atoms with Gasteiger partial charge in [-0.2, -0.15) is 0 Å². The molecule has 1 saturated heterocycles. The van der Waals surface area contributed by atoms with Crippen LogP contribution in [0.25, 0.3) is 10.2 Å². The van der Waals surface area contributed by atoms with Crippen LogP contribution in [0.3, 0.4) is 0 Å². The van der Waals surface area contributed by atoms with E-state index in [1.807, 2.05) is 24.3 Å². The second-order valence-electron chi connectivity index (χ2n) is 7.51. The summed E-state index contributed by atoms with van der Waals surface area (Å²) in [4.78, 5) is 20.4. The Kier molecular flexibility index (Phi) is 4.42. The van der Waals surface area contributed by atoms with Gasteiger partial charge >= 0.3 is 0 Å². The number of amides is 1. The fourth-order valence-electron chi connectivity index (χ4n) is 4.03. The summed E-state index contributed by atoms with van der Waals surface area (Å²) in [5, 5.41) is 4.36. The van der Waals surface area contributed by atoms with Crippen LogP contribution < -0.4 is 5.32 Å². The minimum atomic E-state index is -0.244. The van der Waals surface area contributed by atoms with Crippen molar-refractivity contribution in [3.05, 3.63) is 65.2 Å². The van der Waals surface area contributed by atoms with E-state index in [0.717, 1.165) is 48.3 Å². The van der Waals surface area contributed by atoms with E-state index in [1.165, 1.54) is 4.70 Å². The van der Waals surface area contributed by atoms with Crippen LogP contribution in [0, 0.1) is 0 Å².